The van der Waals surface area contributed by atoms with Crippen molar-refractivity contribution >= 4 is 36.0 Å². The second-order valence-electron chi connectivity index (χ2n) is 8.87. The Labute approximate surface area is 181 Å². The van der Waals surface area contributed by atoms with Gasteiger partial charge in [0, 0.05) is 52.3 Å². The number of guanidine groups is 1. The molecule has 2 fully saturated rings. The predicted molar refractivity (Wildman–Crippen MR) is 119 cm³/mol. The first kappa shape index (κ1) is 24.3. The molecule has 2 aliphatic rings. The van der Waals surface area contributed by atoms with Crippen molar-refractivity contribution in [1.82, 2.24) is 15.1 Å². The molecule has 0 aromatic rings. The highest BCUT2D eigenvalue weighted by molar-refractivity contribution is 14.0. The molecule has 1 N–H and O–H groups in total. The van der Waals surface area contributed by atoms with Gasteiger partial charge in [-0.05, 0) is 39.5 Å². The number of carbonyl (C=O) groups excluding carboxylic acids is 1. The third kappa shape index (κ3) is 7.29. The number of aliphatic imine (C=N–C) groups is 1. The van der Waals surface area contributed by atoms with Crippen molar-refractivity contribution in [3.05, 3.63) is 0 Å². The maximum Gasteiger partial charge on any atom is 0.410 e. The molecule has 0 aliphatic carbocycles. The third-order valence-corrected chi connectivity index (χ3v) is 5.03. The Kier molecular flexibility index (Phi) is 9.11. The topological polar surface area (TPSA) is 66.4 Å². The van der Waals surface area contributed by atoms with E-state index in [2.05, 4.69) is 22.1 Å². The molecule has 0 bridgehead atoms. The summed E-state index contributed by atoms with van der Waals surface area (Å²) in [6.45, 7) is 13.0. The van der Waals surface area contributed by atoms with E-state index in [9.17, 15) is 4.79 Å². The zero-order valence-corrected chi connectivity index (χ0v) is 20.0. The molecule has 2 rings (SSSR count). The lowest BCUT2D eigenvalue weighted by Crippen LogP contribution is -2.44. The molecule has 2 heterocycles. The number of ether oxygens (including phenoxy) is 2. The van der Waals surface area contributed by atoms with Crippen molar-refractivity contribution in [2.24, 2.45) is 16.3 Å². The average molecular weight is 496 g/mol. The van der Waals surface area contributed by atoms with Crippen molar-refractivity contribution in [3.63, 3.8) is 0 Å². The largest absolute Gasteiger partial charge is 0.444 e. The van der Waals surface area contributed by atoms with Crippen LogP contribution in [0.25, 0.3) is 0 Å². The lowest BCUT2D eigenvalue weighted by molar-refractivity contribution is 0.0278. The monoisotopic (exact) mass is 496 g/mol. The van der Waals surface area contributed by atoms with Gasteiger partial charge in [0.2, 0.25) is 0 Å². The van der Waals surface area contributed by atoms with Crippen LogP contribution in [0.3, 0.4) is 0 Å². The van der Waals surface area contributed by atoms with E-state index >= 15 is 0 Å². The minimum Gasteiger partial charge on any atom is -0.444 e. The molecule has 158 valence electrons. The van der Waals surface area contributed by atoms with Gasteiger partial charge in [-0.3, -0.25) is 4.99 Å². The summed E-state index contributed by atoms with van der Waals surface area (Å²) >= 11 is 0. The standard InChI is InChI=1S/C19H36N4O3.HI/c1-15(12-22(6)17(24)26-18(2,3)4)11-21-16(20-5)23-9-7-19(13-23)8-10-25-14-19;/h15H,7-14H2,1-6H3,(H,20,21);1H. The van der Waals surface area contributed by atoms with Crippen LogP contribution >= 0.6 is 24.0 Å². The summed E-state index contributed by atoms with van der Waals surface area (Å²) in [7, 11) is 3.61. The zero-order chi connectivity index (χ0) is 19.4. The molecule has 0 aromatic heterocycles. The number of hydrogen-bond donors (Lipinski definition) is 1. The fourth-order valence-electron chi connectivity index (χ4n) is 3.63. The van der Waals surface area contributed by atoms with Gasteiger partial charge >= 0.3 is 6.09 Å². The van der Waals surface area contributed by atoms with Crippen LogP contribution in [-0.4, -0.2) is 80.9 Å². The summed E-state index contributed by atoms with van der Waals surface area (Å²) in [6, 6.07) is 0. The highest BCUT2D eigenvalue weighted by Crippen LogP contribution is 2.38. The number of halogens is 1. The summed E-state index contributed by atoms with van der Waals surface area (Å²) in [5, 5.41) is 3.47. The van der Waals surface area contributed by atoms with Gasteiger partial charge in [-0.2, -0.15) is 0 Å². The minimum atomic E-state index is -0.468. The first-order chi connectivity index (χ1) is 12.1. The molecule has 0 aromatic carbocycles. The van der Waals surface area contributed by atoms with E-state index in [1.54, 1.807) is 11.9 Å². The van der Waals surface area contributed by atoms with E-state index < -0.39 is 5.60 Å². The van der Waals surface area contributed by atoms with Gasteiger partial charge in [-0.1, -0.05) is 6.92 Å². The fraction of sp³-hybridized carbons (Fsp3) is 0.895. The zero-order valence-electron chi connectivity index (χ0n) is 17.7. The second kappa shape index (κ2) is 10.1. The van der Waals surface area contributed by atoms with E-state index in [0.29, 0.717) is 12.0 Å². The molecular weight excluding hydrogens is 459 g/mol. The van der Waals surface area contributed by atoms with Gasteiger partial charge in [-0.25, -0.2) is 4.79 Å². The minimum absolute atomic E-state index is 0. The number of rotatable bonds is 4. The predicted octanol–water partition coefficient (Wildman–Crippen LogP) is 2.80. The van der Waals surface area contributed by atoms with Gasteiger partial charge in [0.25, 0.3) is 0 Å². The van der Waals surface area contributed by atoms with Crippen LogP contribution in [0.5, 0.6) is 0 Å². The Hall–Kier alpha value is -0.770. The van der Waals surface area contributed by atoms with E-state index in [-0.39, 0.29) is 36.0 Å². The van der Waals surface area contributed by atoms with Crippen LogP contribution in [0.1, 0.15) is 40.5 Å². The number of hydrogen-bond acceptors (Lipinski definition) is 4. The highest BCUT2D eigenvalue weighted by atomic mass is 127. The number of amides is 1. The van der Waals surface area contributed by atoms with Crippen molar-refractivity contribution < 1.29 is 14.3 Å². The Balaban J connectivity index is 0.00000364. The normalized spacial score (nSPS) is 23.9. The molecular formula is C19H37IN4O3. The average Bonchev–Trinajstić information content (AvgIpc) is 3.17. The van der Waals surface area contributed by atoms with Gasteiger partial charge in [0.1, 0.15) is 5.60 Å². The number of likely N-dealkylation sites (tertiary alicyclic amines) is 1. The molecule has 27 heavy (non-hydrogen) atoms. The van der Waals surface area contributed by atoms with Crippen molar-refractivity contribution in [3.8, 4) is 0 Å². The van der Waals surface area contributed by atoms with Crippen LogP contribution in [0.2, 0.25) is 0 Å². The SMILES string of the molecule is CN=C(NCC(C)CN(C)C(=O)OC(C)(C)C)N1CCC2(CCOC2)C1.I. The number of nitrogens with one attached hydrogen (secondary N) is 1. The Morgan fingerprint density at radius 3 is 2.67 bits per heavy atom. The quantitative estimate of drug-likeness (QED) is 0.369. The first-order valence-corrected chi connectivity index (χ1v) is 9.62. The second-order valence-corrected chi connectivity index (χ2v) is 8.87. The van der Waals surface area contributed by atoms with E-state index in [1.165, 1.54) is 6.42 Å². The molecule has 2 saturated heterocycles. The van der Waals surface area contributed by atoms with Gasteiger partial charge in [0.05, 0.1) is 6.61 Å². The molecule has 1 spiro atoms. The molecule has 8 heteroatoms. The molecule has 1 amide bonds. The lowest BCUT2D eigenvalue weighted by atomic mass is 9.87. The van der Waals surface area contributed by atoms with Gasteiger partial charge in [0.15, 0.2) is 5.96 Å². The van der Waals surface area contributed by atoms with Crippen molar-refractivity contribution in [2.75, 3.05) is 53.5 Å². The van der Waals surface area contributed by atoms with Crippen molar-refractivity contribution in [2.45, 2.75) is 46.1 Å². The molecule has 0 saturated carbocycles. The summed E-state index contributed by atoms with van der Waals surface area (Å²) in [4.78, 5) is 20.5. The van der Waals surface area contributed by atoms with Crippen LogP contribution in [0.15, 0.2) is 4.99 Å². The number of nitrogens with zero attached hydrogens (tertiary/aromatic N) is 3. The van der Waals surface area contributed by atoms with E-state index in [0.717, 1.165) is 45.2 Å². The summed E-state index contributed by atoms with van der Waals surface area (Å²) in [5.74, 6) is 1.23. The van der Waals surface area contributed by atoms with Gasteiger partial charge < -0.3 is 24.6 Å². The first-order valence-electron chi connectivity index (χ1n) is 9.62. The van der Waals surface area contributed by atoms with Gasteiger partial charge in [-0.15, -0.1) is 24.0 Å². The molecule has 2 unspecified atom stereocenters. The van der Waals surface area contributed by atoms with Crippen molar-refractivity contribution in [1.29, 1.82) is 0 Å². The number of carbonyl (C=O) groups is 1. The Bertz CT molecular complexity index is 516. The van der Waals surface area contributed by atoms with E-state index in [4.69, 9.17) is 9.47 Å². The lowest BCUT2D eigenvalue weighted by Gasteiger charge is -2.28. The van der Waals surface area contributed by atoms with Crippen LogP contribution in [-0.2, 0) is 9.47 Å². The molecule has 0 radical (unpaired) electrons. The summed E-state index contributed by atoms with van der Waals surface area (Å²) in [5.41, 5.74) is -0.148. The summed E-state index contributed by atoms with van der Waals surface area (Å²) in [6.07, 6.45) is 2.04. The van der Waals surface area contributed by atoms with Crippen LogP contribution in [0, 0.1) is 11.3 Å². The molecule has 2 aliphatic heterocycles. The maximum absolute atomic E-state index is 12.1. The van der Waals surface area contributed by atoms with Crippen LogP contribution in [0.4, 0.5) is 4.79 Å². The smallest absolute Gasteiger partial charge is 0.410 e. The summed E-state index contributed by atoms with van der Waals surface area (Å²) < 4.78 is 11.0. The third-order valence-electron chi connectivity index (χ3n) is 5.03. The highest BCUT2D eigenvalue weighted by Gasteiger charge is 2.42. The molecule has 7 nitrogen and oxygen atoms in total. The fourth-order valence-corrected chi connectivity index (χ4v) is 3.63. The Morgan fingerprint density at radius 1 is 1.41 bits per heavy atom. The Morgan fingerprint density at radius 2 is 2.11 bits per heavy atom. The van der Waals surface area contributed by atoms with E-state index in [1.807, 2.05) is 27.8 Å². The maximum atomic E-state index is 12.1. The van der Waals surface area contributed by atoms with Crippen LogP contribution < -0.4 is 5.32 Å². The molecule has 2 atom stereocenters.